The Labute approximate surface area is 186 Å². The number of ether oxygens (including phenoxy) is 1. The summed E-state index contributed by atoms with van der Waals surface area (Å²) in [5, 5.41) is 3.80. The molecule has 1 aliphatic heterocycles. The molecule has 1 aromatic heterocycles. The van der Waals surface area contributed by atoms with Crippen molar-refractivity contribution < 1.29 is 9.53 Å². The van der Waals surface area contributed by atoms with Gasteiger partial charge in [-0.1, -0.05) is 23.7 Å². The number of aryl methyl sites for hydroxylation is 2. The number of nitrogens with one attached hydrogen (secondary N) is 1. The Balaban J connectivity index is 1.25. The molecule has 0 spiro atoms. The zero-order valence-corrected chi connectivity index (χ0v) is 18.4. The molecule has 3 aromatic rings. The van der Waals surface area contributed by atoms with Crippen LogP contribution in [-0.4, -0.2) is 28.5 Å². The number of carbonyl (C=O) groups is 1. The van der Waals surface area contributed by atoms with E-state index >= 15 is 0 Å². The van der Waals surface area contributed by atoms with Crippen LogP contribution >= 0.6 is 11.6 Å². The zero-order chi connectivity index (χ0) is 21.6. The molecule has 2 aliphatic rings. The maximum absolute atomic E-state index is 12.9. The normalized spacial score (nSPS) is 18.2. The van der Waals surface area contributed by atoms with Gasteiger partial charge in [-0.25, -0.2) is 4.98 Å². The number of fused-ring (bicyclic) bond motifs is 1. The quantitative estimate of drug-likeness (QED) is 0.640. The first kappa shape index (κ1) is 20.0. The number of hydrogen-bond acceptors (Lipinski definition) is 4. The Bertz CT molecular complexity index is 1160. The molecule has 158 valence electrons. The molecule has 31 heavy (non-hydrogen) atoms. The minimum absolute atomic E-state index is 0.0695. The Morgan fingerprint density at radius 2 is 1.97 bits per heavy atom. The van der Waals surface area contributed by atoms with Gasteiger partial charge < -0.3 is 10.1 Å². The fourth-order valence-electron chi connectivity index (χ4n) is 4.31. The molecule has 1 unspecified atom stereocenters. The summed E-state index contributed by atoms with van der Waals surface area (Å²) >= 11 is 6.00. The Morgan fingerprint density at radius 1 is 1.19 bits per heavy atom. The van der Waals surface area contributed by atoms with Crippen molar-refractivity contribution in [2.75, 3.05) is 6.54 Å². The second-order valence-corrected chi connectivity index (χ2v) is 8.95. The molecular weight excluding hydrogens is 410 g/mol. The van der Waals surface area contributed by atoms with Gasteiger partial charge in [0.1, 0.15) is 11.9 Å². The summed E-state index contributed by atoms with van der Waals surface area (Å²) in [5.41, 5.74) is 5.50. The highest BCUT2D eigenvalue weighted by atomic mass is 35.5. The van der Waals surface area contributed by atoms with E-state index in [1.165, 1.54) is 0 Å². The van der Waals surface area contributed by atoms with E-state index in [9.17, 15) is 4.79 Å². The van der Waals surface area contributed by atoms with Gasteiger partial charge in [0.25, 0.3) is 0 Å². The summed E-state index contributed by atoms with van der Waals surface area (Å²) in [4.78, 5) is 22.0. The van der Waals surface area contributed by atoms with Crippen molar-refractivity contribution in [3.8, 4) is 17.0 Å². The fourth-order valence-corrected chi connectivity index (χ4v) is 4.43. The lowest BCUT2D eigenvalue weighted by molar-refractivity contribution is -0.123. The van der Waals surface area contributed by atoms with Crippen LogP contribution in [0, 0.1) is 13.8 Å². The summed E-state index contributed by atoms with van der Waals surface area (Å²) in [6, 6.07) is 13.7. The third kappa shape index (κ3) is 3.79. The predicted octanol–water partition coefficient (Wildman–Crippen LogP) is 4.57. The number of benzene rings is 2. The molecule has 1 N–H and O–H groups in total. The molecule has 0 saturated heterocycles. The van der Waals surface area contributed by atoms with Gasteiger partial charge in [-0.2, -0.15) is 0 Å². The molecule has 5 rings (SSSR count). The molecule has 1 atom stereocenters. The number of rotatable bonds is 5. The predicted molar refractivity (Wildman–Crippen MR) is 120 cm³/mol. The van der Waals surface area contributed by atoms with E-state index in [1.54, 1.807) is 6.20 Å². The van der Waals surface area contributed by atoms with Crippen molar-refractivity contribution in [1.82, 2.24) is 15.3 Å². The van der Waals surface area contributed by atoms with Crippen LogP contribution in [0.2, 0.25) is 5.02 Å². The van der Waals surface area contributed by atoms with Crippen LogP contribution in [-0.2, 0) is 16.6 Å². The smallest absolute Gasteiger partial charge is 0.230 e. The maximum atomic E-state index is 12.9. The third-order valence-corrected chi connectivity index (χ3v) is 6.47. The highest BCUT2D eigenvalue weighted by Crippen LogP contribution is 2.48. The van der Waals surface area contributed by atoms with Gasteiger partial charge in [0, 0.05) is 23.2 Å². The monoisotopic (exact) mass is 433 g/mol. The Kier molecular flexibility index (Phi) is 4.94. The first-order valence-corrected chi connectivity index (χ1v) is 11.0. The Morgan fingerprint density at radius 3 is 2.71 bits per heavy atom. The molecule has 6 heteroatoms. The summed E-state index contributed by atoms with van der Waals surface area (Å²) < 4.78 is 6.09. The molecule has 2 heterocycles. The average Bonchev–Trinajstić information content (AvgIpc) is 3.47. The first-order valence-electron chi connectivity index (χ1n) is 10.6. The van der Waals surface area contributed by atoms with Crippen molar-refractivity contribution in [1.29, 1.82) is 0 Å². The van der Waals surface area contributed by atoms with Crippen LogP contribution in [0.25, 0.3) is 11.3 Å². The van der Waals surface area contributed by atoms with E-state index in [-0.39, 0.29) is 12.0 Å². The summed E-state index contributed by atoms with van der Waals surface area (Å²) in [6.45, 7) is 4.40. The summed E-state index contributed by atoms with van der Waals surface area (Å²) in [6.07, 6.45) is 4.21. The number of carbonyl (C=O) groups excluding carboxylic acids is 1. The number of hydrogen-bond donors (Lipinski definition) is 1. The molecule has 1 saturated carbocycles. The van der Waals surface area contributed by atoms with Crippen LogP contribution in [0.15, 0.2) is 48.7 Å². The lowest BCUT2D eigenvalue weighted by atomic mass is 9.95. The molecule has 0 radical (unpaired) electrons. The van der Waals surface area contributed by atoms with Gasteiger partial charge in [-0.3, -0.25) is 9.78 Å². The second kappa shape index (κ2) is 7.65. The van der Waals surface area contributed by atoms with Crippen LogP contribution in [0.3, 0.4) is 0 Å². The molecule has 0 bridgehead atoms. The van der Waals surface area contributed by atoms with Crippen molar-refractivity contribution in [3.63, 3.8) is 0 Å². The van der Waals surface area contributed by atoms with Crippen LogP contribution in [0.1, 0.15) is 35.4 Å². The topological polar surface area (TPSA) is 64.1 Å². The van der Waals surface area contributed by atoms with Crippen LogP contribution in [0.4, 0.5) is 0 Å². The molecule has 2 aromatic carbocycles. The van der Waals surface area contributed by atoms with E-state index in [2.05, 4.69) is 21.4 Å². The maximum Gasteiger partial charge on any atom is 0.230 e. The van der Waals surface area contributed by atoms with Crippen LogP contribution in [0.5, 0.6) is 5.75 Å². The standard InChI is InChI=1S/C25H24ClN3O2/c1-15-13-27-16(2)23(29-15)17-3-8-22-18(11-17)12-21(31-22)14-28-24(30)25(9-10-25)19-4-6-20(26)7-5-19/h3-8,11,13,21H,9-10,12,14H2,1-2H3,(H,28,30). The molecule has 1 fully saturated rings. The number of aromatic nitrogens is 2. The van der Waals surface area contributed by atoms with E-state index in [4.69, 9.17) is 16.3 Å². The molecule has 1 amide bonds. The zero-order valence-electron chi connectivity index (χ0n) is 17.6. The number of halogens is 1. The first-order chi connectivity index (χ1) is 14.9. The van der Waals surface area contributed by atoms with Gasteiger partial charge >= 0.3 is 0 Å². The van der Waals surface area contributed by atoms with Gasteiger partial charge in [-0.15, -0.1) is 0 Å². The van der Waals surface area contributed by atoms with Crippen molar-refractivity contribution in [2.24, 2.45) is 0 Å². The lowest BCUT2D eigenvalue weighted by Gasteiger charge is -2.18. The van der Waals surface area contributed by atoms with Crippen molar-refractivity contribution >= 4 is 17.5 Å². The van der Waals surface area contributed by atoms with Crippen LogP contribution < -0.4 is 10.1 Å². The number of amides is 1. The average molecular weight is 434 g/mol. The van der Waals surface area contributed by atoms with Gasteiger partial charge in [-0.05, 0) is 68.1 Å². The highest BCUT2D eigenvalue weighted by Gasteiger charge is 2.51. The largest absolute Gasteiger partial charge is 0.488 e. The minimum Gasteiger partial charge on any atom is -0.488 e. The van der Waals surface area contributed by atoms with Crippen molar-refractivity contribution in [2.45, 2.75) is 44.6 Å². The summed E-state index contributed by atoms with van der Waals surface area (Å²) in [7, 11) is 0. The second-order valence-electron chi connectivity index (χ2n) is 8.51. The molecular formula is C25H24ClN3O2. The van der Waals surface area contributed by atoms with E-state index in [0.717, 1.165) is 58.8 Å². The molecule has 1 aliphatic carbocycles. The van der Waals surface area contributed by atoms with E-state index in [1.807, 2.05) is 50.2 Å². The fraction of sp³-hybridized carbons (Fsp3) is 0.320. The summed E-state index contributed by atoms with van der Waals surface area (Å²) in [5.74, 6) is 0.945. The van der Waals surface area contributed by atoms with Crippen molar-refractivity contribution in [3.05, 3.63) is 76.2 Å². The third-order valence-electron chi connectivity index (χ3n) is 6.22. The highest BCUT2D eigenvalue weighted by molar-refractivity contribution is 6.30. The molecule has 5 nitrogen and oxygen atoms in total. The minimum atomic E-state index is -0.412. The Hall–Kier alpha value is -2.92. The van der Waals surface area contributed by atoms with Gasteiger partial charge in [0.15, 0.2) is 0 Å². The SMILES string of the molecule is Cc1cnc(C)c(-c2ccc3c(c2)CC(CNC(=O)C2(c4ccc(Cl)cc4)CC2)O3)n1. The number of nitrogens with zero attached hydrogens (tertiary/aromatic N) is 2. The van der Waals surface area contributed by atoms with Gasteiger partial charge in [0.2, 0.25) is 5.91 Å². The van der Waals surface area contributed by atoms with E-state index < -0.39 is 5.41 Å². The van der Waals surface area contributed by atoms with E-state index in [0.29, 0.717) is 11.6 Å². The lowest BCUT2D eigenvalue weighted by Crippen LogP contribution is -2.40. The van der Waals surface area contributed by atoms with Gasteiger partial charge in [0.05, 0.1) is 29.0 Å².